The number of unbranched alkanes of at least 4 members (excludes halogenated alkanes) is 2. The van der Waals surface area contributed by atoms with E-state index in [1.54, 1.807) is 0 Å². The van der Waals surface area contributed by atoms with Crippen LogP contribution in [0.3, 0.4) is 0 Å². The molecule has 1 N–H and O–H groups in total. The molecule has 1 atom stereocenters. The van der Waals surface area contributed by atoms with E-state index < -0.39 is 11.6 Å². The first-order chi connectivity index (χ1) is 11.7. The third-order valence-corrected chi connectivity index (χ3v) is 4.93. The number of hydrogen-bond acceptors (Lipinski definition) is 5. The molecule has 5 heteroatoms. The number of aliphatic hydroxyl groups is 1. The van der Waals surface area contributed by atoms with Crippen LogP contribution in [-0.2, 0) is 19.1 Å². The van der Waals surface area contributed by atoms with Crippen molar-refractivity contribution in [1.82, 2.24) is 0 Å². The number of allylic oxidation sites excluding steroid dienone is 1. The van der Waals surface area contributed by atoms with E-state index in [1.807, 2.05) is 6.08 Å². The van der Waals surface area contributed by atoms with Crippen LogP contribution >= 0.6 is 0 Å². The highest BCUT2D eigenvalue weighted by Gasteiger charge is 2.44. The molecule has 1 heterocycles. The van der Waals surface area contributed by atoms with Crippen molar-refractivity contribution >= 4 is 11.9 Å². The van der Waals surface area contributed by atoms with Crippen LogP contribution in [0.1, 0.15) is 66.7 Å². The molecule has 0 amide bonds. The first-order valence-electron chi connectivity index (χ1n) is 9.43. The number of carbonyl (C=O) groups excluding carboxylic acids is 2. The summed E-state index contributed by atoms with van der Waals surface area (Å²) in [7, 11) is 0. The molecule has 0 spiro atoms. The fourth-order valence-electron chi connectivity index (χ4n) is 3.27. The second kappa shape index (κ2) is 9.95. The summed E-state index contributed by atoms with van der Waals surface area (Å²) in [6.45, 7) is 10.0. The van der Waals surface area contributed by atoms with Crippen molar-refractivity contribution in [2.45, 2.75) is 72.3 Å². The van der Waals surface area contributed by atoms with Crippen molar-refractivity contribution in [2.24, 2.45) is 17.8 Å². The Balaban J connectivity index is 2.63. The fourth-order valence-corrected chi connectivity index (χ4v) is 3.27. The van der Waals surface area contributed by atoms with Crippen molar-refractivity contribution in [2.75, 3.05) is 13.2 Å². The van der Waals surface area contributed by atoms with E-state index in [4.69, 9.17) is 9.47 Å². The van der Waals surface area contributed by atoms with Gasteiger partial charge in [0.05, 0.1) is 6.61 Å². The van der Waals surface area contributed by atoms with Crippen LogP contribution < -0.4 is 0 Å². The van der Waals surface area contributed by atoms with Crippen LogP contribution in [0.2, 0.25) is 0 Å². The molecule has 0 radical (unpaired) electrons. The maximum absolute atomic E-state index is 12.2. The number of hydrogen-bond donors (Lipinski definition) is 1. The molecule has 1 rings (SSSR count). The van der Waals surface area contributed by atoms with E-state index in [-0.39, 0.29) is 31.5 Å². The maximum Gasteiger partial charge on any atom is 0.334 e. The van der Waals surface area contributed by atoms with Crippen LogP contribution in [0.25, 0.3) is 0 Å². The summed E-state index contributed by atoms with van der Waals surface area (Å²) in [5, 5.41) is 9.70. The summed E-state index contributed by atoms with van der Waals surface area (Å²) in [5.74, 6) is 0.296. The molecule has 0 aromatic carbocycles. The van der Waals surface area contributed by atoms with Crippen molar-refractivity contribution in [3.63, 3.8) is 0 Å². The molecule has 0 bridgehead atoms. The topological polar surface area (TPSA) is 72.8 Å². The lowest BCUT2D eigenvalue weighted by molar-refractivity contribution is -0.167. The number of ether oxygens (including phenoxy) is 2. The number of cyclic esters (lactones) is 1. The van der Waals surface area contributed by atoms with E-state index >= 15 is 0 Å². The van der Waals surface area contributed by atoms with Crippen LogP contribution in [0.5, 0.6) is 0 Å². The molecule has 1 unspecified atom stereocenters. The average Bonchev–Trinajstić information content (AvgIpc) is 2.87. The lowest BCUT2D eigenvalue weighted by Gasteiger charge is -2.26. The highest BCUT2D eigenvalue weighted by molar-refractivity contribution is 5.91. The summed E-state index contributed by atoms with van der Waals surface area (Å²) >= 11 is 0. The van der Waals surface area contributed by atoms with Gasteiger partial charge in [0.1, 0.15) is 6.61 Å². The van der Waals surface area contributed by atoms with Gasteiger partial charge in [0.25, 0.3) is 0 Å². The van der Waals surface area contributed by atoms with E-state index in [1.165, 1.54) is 0 Å². The molecule has 0 aromatic rings. The largest absolute Gasteiger partial charge is 0.461 e. The molecule has 0 aliphatic carbocycles. The molecule has 0 saturated carbocycles. The highest BCUT2D eigenvalue weighted by Crippen LogP contribution is 2.32. The summed E-state index contributed by atoms with van der Waals surface area (Å²) < 4.78 is 10.7. The van der Waals surface area contributed by atoms with Gasteiger partial charge in [0.2, 0.25) is 0 Å². The minimum atomic E-state index is -1.13. The molecule has 0 aromatic heterocycles. The van der Waals surface area contributed by atoms with E-state index in [0.717, 1.165) is 19.3 Å². The third kappa shape index (κ3) is 6.46. The van der Waals surface area contributed by atoms with Gasteiger partial charge in [-0.2, -0.15) is 0 Å². The summed E-state index contributed by atoms with van der Waals surface area (Å²) in [5.41, 5.74) is -0.559. The average molecular weight is 354 g/mol. The van der Waals surface area contributed by atoms with E-state index in [0.29, 0.717) is 23.8 Å². The van der Waals surface area contributed by atoms with Gasteiger partial charge in [-0.05, 0) is 24.2 Å². The van der Waals surface area contributed by atoms with Crippen molar-refractivity contribution < 1.29 is 24.2 Å². The minimum absolute atomic E-state index is 0.0951. The molecule has 5 nitrogen and oxygen atoms in total. The van der Waals surface area contributed by atoms with Gasteiger partial charge in [-0.25, -0.2) is 4.79 Å². The second-order valence-electron chi connectivity index (χ2n) is 7.80. The van der Waals surface area contributed by atoms with E-state index in [9.17, 15) is 14.7 Å². The molecule has 144 valence electrons. The van der Waals surface area contributed by atoms with Crippen LogP contribution in [0.4, 0.5) is 0 Å². The Labute approximate surface area is 151 Å². The number of aliphatic hydroxyl groups excluding tert-OH is 1. The monoisotopic (exact) mass is 354 g/mol. The zero-order valence-electron chi connectivity index (χ0n) is 16.3. The quantitative estimate of drug-likeness (QED) is 0.368. The fraction of sp³-hybridized carbons (Fsp3) is 0.800. The van der Waals surface area contributed by atoms with Gasteiger partial charge in [0, 0.05) is 18.4 Å². The van der Waals surface area contributed by atoms with Crippen molar-refractivity contribution in [3.05, 3.63) is 11.6 Å². The molecule has 1 fully saturated rings. The Morgan fingerprint density at radius 2 is 1.96 bits per heavy atom. The van der Waals surface area contributed by atoms with Crippen molar-refractivity contribution in [1.29, 1.82) is 0 Å². The Morgan fingerprint density at radius 3 is 2.48 bits per heavy atom. The second-order valence-corrected chi connectivity index (χ2v) is 7.80. The number of esters is 2. The van der Waals surface area contributed by atoms with Gasteiger partial charge >= 0.3 is 11.9 Å². The molecular formula is C20H34O5. The number of rotatable bonds is 10. The van der Waals surface area contributed by atoms with Gasteiger partial charge in [-0.15, -0.1) is 0 Å². The zero-order chi connectivity index (χ0) is 19.0. The Morgan fingerprint density at radius 1 is 1.32 bits per heavy atom. The van der Waals surface area contributed by atoms with Gasteiger partial charge in [-0.1, -0.05) is 53.5 Å². The van der Waals surface area contributed by atoms with E-state index in [2.05, 4.69) is 34.6 Å². The Kier molecular flexibility index (Phi) is 8.63. The van der Waals surface area contributed by atoms with Gasteiger partial charge in [-0.3, -0.25) is 4.79 Å². The SMILES string of the molecule is CCCC/C=C1/CC(CO)(COC(=O)CC(C(C)C)C(C)C)OC1=O. The summed E-state index contributed by atoms with van der Waals surface area (Å²) in [4.78, 5) is 24.2. The first kappa shape index (κ1) is 21.7. The predicted molar refractivity (Wildman–Crippen MR) is 96.9 cm³/mol. The molecular weight excluding hydrogens is 320 g/mol. The molecule has 1 aliphatic heterocycles. The van der Waals surface area contributed by atoms with Crippen LogP contribution in [0.15, 0.2) is 11.6 Å². The Bertz CT molecular complexity index is 472. The van der Waals surface area contributed by atoms with Crippen molar-refractivity contribution in [3.8, 4) is 0 Å². The van der Waals surface area contributed by atoms with Crippen LogP contribution in [-0.4, -0.2) is 35.9 Å². The summed E-state index contributed by atoms with van der Waals surface area (Å²) in [6, 6.07) is 0. The smallest absolute Gasteiger partial charge is 0.334 e. The number of carbonyl (C=O) groups is 2. The third-order valence-electron chi connectivity index (χ3n) is 4.93. The van der Waals surface area contributed by atoms with Crippen LogP contribution in [0, 0.1) is 17.8 Å². The minimum Gasteiger partial charge on any atom is -0.461 e. The summed E-state index contributed by atoms with van der Waals surface area (Å²) in [6.07, 6.45) is 5.37. The predicted octanol–water partition coefficient (Wildman–Crippen LogP) is 3.64. The molecule has 1 saturated heterocycles. The lowest BCUT2D eigenvalue weighted by atomic mass is 9.83. The van der Waals surface area contributed by atoms with Gasteiger partial charge in [0.15, 0.2) is 5.60 Å². The Hall–Kier alpha value is -1.36. The molecule has 1 aliphatic rings. The zero-order valence-corrected chi connectivity index (χ0v) is 16.3. The highest BCUT2D eigenvalue weighted by atomic mass is 16.6. The first-order valence-corrected chi connectivity index (χ1v) is 9.43. The van der Waals surface area contributed by atoms with Gasteiger partial charge < -0.3 is 14.6 Å². The molecule has 25 heavy (non-hydrogen) atoms. The standard InChI is InChI=1S/C20H34O5/c1-6-7-8-9-16-11-20(12-21,25-19(16)23)13-24-18(22)10-17(14(2)3)15(4)5/h9,14-15,17,21H,6-8,10-13H2,1-5H3/b16-9-. The normalized spacial score (nSPS) is 22.3. The maximum atomic E-state index is 12.2. The lowest BCUT2D eigenvalue weighted by Crippen LogP contribution is -2.39.